The molecule has 0 spiro atoms. The lowest BCUT2D eigenvalue weighted by atomic mass is 10.0. The molecule has 1 amide bonds. The molecule has 0 aliphatic carbocycles. The quantitative estimate of drug-likeness (QED) is 0.451. The number of rotatable bonds is 1. The number of amides is 1. The highest BCUT2D eigenvalue weighted by Crippen LogP contribution is 2.37. The van der Waals surface area contributed by atoms with Crippen LogP contribution in [0, 0.1) is 11.8 Å². The highest BCUT2D eigenvalue weighted by Gasteiger charge is 2.38. The molecule has 1 aromatic carbocycles. The maximum atomic E-state index is 14.9. The van der Waals surface area contributed by atoms with Gasteiger partial charge in [-0.3, -0.25) is 19.3 Å². The molecule has 10 heteroatoms. The minimum atomic E-state index is -0.930. The van der Waals surface area contributed by atoms with Crippen LogP contribution in [0.5, 0.6) is 11.5 Å². The topological polar surface area (TPSA) is 87.9 Å². The van der Waals surface area contributed by atoms with Crippen molar-refractivity contribution in [3.8, 4) is 11.5 Å². The van der Waals surface area contributed by atoms with E-state index in [0.717, 1.165) is 6.07 Å². The van der Waals surface area contributed by atoms with Crippen molar-refractivity contribution in [2.75, 3.05) is 24.8 Å². The van der Waals surface area contributed by atoms with Crippen LogP contribution in [0.25, 0.3) is 0 Å². The summed E-state index contributed by atoms with van der Waals surface area (Å²) >= 11 is 0. The van der Waals surface area contributed by atoms with E-state index in [4.69, 9.17) is 4.74 Å². The summed E-state index contributed by atoms with van der Waals surface area (Å²) in [7, 11) is 0. The van der Waals surface area contributed by atoms with Gasteiger partial charge in [0.25, 0.3) is 5.91 Å². The Bertz CT molecular complexity index is 1340. The maximum absolute atomic E-state index is 14.9. The molecule has 1 N–H and O–H groups in total. The van der Waals surface area contributed by atoms with Crippen LogP contribution in [0.3, 0.4) is 0 Å². The number of aromatic nitrogens is 2. The van der Waals surface area contributed by atoms with Gasteiger partial charge in [0.1, 0.15) is 19.3 Å². The van der Waals surface area contributed by atoms with Gasteiger partial charge in [0.15, 0.2) is 23.0 Å². The van der Waals surface area contributed by atoms with Gasteiger partial charge in [0.05, 0.1) is 5.69 Å². The van der Waals surface area contributed by atoms with Crippen LogP contribution in [0.1, 0.15) is 27.8 Å². The smallest absolute Gasteiger partial charge is 0.278 e. The number of ether oxygens (including phenoxy) is 1. The lowest BCUT2D eigenvalue weighted by Crippen LogP contribution is -2.55. The van der Waals surface area contributed by atoms with E-state index in [0.29, 0.717) is 5.56 Å². The molecule has 4 heterocycles. The summed E-state index contributed by atoms with van der Waals surface area (Å²) in [6.45, 7) is 0.163. The fourth-order valence-corrected chi connectivity index (χ4v) is 4.08. The Hall–Kier alpha value is -4.21. The van der Waals surface area contributed by atoms with E-state index in [2.05, 4.69) is 4.98 Å². The van der Waals surface area contributed by atoms with E-state index in [9.17, 15) is 23.5 Å². The van der Waals surface area contributed by atoms with Gasteiger partial charge < -0.3 is 14.7 Å². The Morgan fingerprint density at radius 1 is 1.06 bits per heavy atom. The molecule has 3 aromatic rings. The normalized spacial score (nSPS) is 18.6. The first-order valence-corrected chi connectivity index (χ1v) is 10.1. The maximum Gasteiger partial charge on any atom is 0.278 e. The number of hydrogen-bond donors (Lipinski definition) is 1. The minimum absolute atomic E-state index is 0.0166. The fourth-order valence-electron chi connectivity index (χ4n) is 4.08. The molecule has 0 fully saturated rings. The van der Waals surface area contributed by atoms with Gasteiger partial charge >= 0.3 is 0 Å². The number of carbonyl (C=O) groups is 1. The number of pyridine rings is 2. The molecule has 1 atom stereocenters. The van der Waals surface area contributed by atoms with Crippen molar-refractivity contribution in [2.45, 2.75) is 6.04 Å². The third-order valence-electron chi connectivity index (χ3n) is 5.56. The molecule has 0 radical (unpaired) electrons. The fraction of sp³-hybridized carbons (Fsp3) is 0.174. The standard InChI is InChI=1S/C23H18F2N4O4/c24-15-6-3-5-14-19(16-7-4-8-18(25)26-16)29-13-27(10-1-2-12-33-22(14)15)23(32)20-21(31)17(30)9-11-28(20)29/h1-9,11,19,31H,10,12-13H2/b2-1+/t19-/m0/s1. The van der Waals surface area contributed by atoms with Gasteiger partial charge in [0, 0.05) is 24.4 Å². The van der Waals surface area contributed by atoms with E-state index in [1.807, 2.05) is 0 Å². The number of halogens is 2. The molecular formula is C23H18F2N4O4. The Labute approximate surface area is 186 Å². The van der Waals surface area contributed by atoms with Crippen molar-refractivity contribution in [2.24, 2.45) is 0 Å². The molecule has 2 aliphatic rings. The Morgan fingerprint density at radius 3 is 2.70 bits per heavy atom. The number of aromatic hydroxyl groups is 1. The largest absolute Gasteiger partial charge is 0.502 e. The second kappa shape index (κ2) is 8.05. The van der Waals surface area contributed by atoms with Crippen LogP contribution < -0.4 is 15.2 Å². The number of hydrogen-bond acceptors (Lipinski definition) is 6. The second-order valence-electron chi connectivity index (χ2n) is 7.56. The van der Waals surface area contributed by atoms with E-state index in [1.54, 1.807) is 29.3 Å². The Kier molecular flexibility index (Phi) is 5.04. The van der Waals surface area contributed by atoms with Gasteiger partial charge in [-0.15, -0.1) is 0 Å². The van der Waals surface area contributed by atoms with Crippen molar-refractivity contribution < 1.29 is 23.4 Å². The molecule has 8 nitrogen and oxygen atoms in total. The van der Waals surface area contributed by atoms with Crippen LogP contribution >= 0.6 is 0 Å². The summed E-state index contributed by atoms with van der Waals surface area (Å²) in [5.41, 5.74) is -0.411. The molecule has 0 unspecified atom stereocenters. The summed E-state index contributed by atoms with van der Waals surface area (Å²) in [6, 6.07) is 8.79. The third-order valence-corrected chi connectivity index (χ3v) is 5.56. The lowest BCUT2D eigenvalue weighted by molar-refractivity contribution is 0.0700. The van der Waals surface area contributed by atoms with Crippen LogP contribution in [-0.4, -0.2) is 45.4 Å². The van der Waals surface area contributed by atoms with Crippen molar-refractivity contribution >= 4 is 5.91 Å². The van der Waals surface area contributed by atoms with Crippen LogP contribution in [0.15, 0.2) is 65.6 Å². The summed E-state index contributed by atoms with van der Waals surface area (Å²) in [5, 5.41) is 12.1. The zero-order valence-corrected chi connectivity index (χ0v) is 17.2. The van der Waals surface area contributed by atoms with Crippen molar-refractivity contribution in [1.29, 1.82) is 0 Å². The molecule has 33 heavy (non-hydrogen) atoms. The SMILES string of the molecule is O=C1c2c(O)c(=O)ccn2N2CN1C/C=C/COc1c(F)cccc1[C@H]2c1cccc(F)n1. The Balaban J connectivity index is 1.83. The van der Waals surface area contributed by atoms with E-state index < -0.39 is 34.9 Å². The monoisotopic (exact) mass is 452 g/mol. The molecule has 0 saturated carbocycles. The van der Waals surface area contributed by atoms with Gasteiger partial charge in [0.2, 0.25) is 11.4 Å². The molecule has 2 aliphatic heterocycles. The van der Waals surface area contributed by atoms with E-state index in [-0.39, 0.29) is 37.0 Å². The molecule has 2 bridgehead atoms. The Morgan fingerprint density at radius 2 is 1.88 bits per heavy atom. The predicted molar refractivity (Wildman–Crippen MR) is 114 cm³/mol. The van der Waals surface area contributed by atoms with Gasteiger partial charge in [-0.1, -0.05) is 24.3 Å². The summed E-state index contributed by atoms with van der Waals surface area (Å²) in [4.78, 5) is 30.7. The average Bonchev–Trinajstić information content (AvgIpc) is 2.82. The summed E-state index contributed by atoms with van der Waals surface area (Å²) in [5.74, 6) is -2.67. The zero-order valence-electron chi connectivity index (χ0n) is 17.2. The second-order valence-corrected chi connectivity index (χ2v) is 7.56. The average molecular weight is 452 g/mol. The van der Waals surface area contributed by atoms with E-state index in [1.165, 1.54) is 40.0 Å². The van der Waals surface area contributed by atoms with Crippen LogP contribution in [-0.2, 0) is 0 Å². The third kappa shape index (κ3) is 3.49. The first-order valence-electron chi connectivity index (χ1n) is 10.1. The van der Waals surface area contributed by atoms with Crippen molar-refractivity contribution in [3.05, 3.63) is 99.8 Å². The molecule has 2 aromatic heterocycles. The van der Waals surface area contributed by atoms with Gasteiger partial charge in [-0.2, -0.15) is 4.39 Å². The number of nitrogens with zero attached hydrogens (tertiary/aromatic N) is 4. The minimum Gasteiger partial charge on any atom is -0.502 e. The number of para-hydroxylation sites is 1. The molecule has 0 saturated heterocycles. The number of carbonyl (C=O) groups excluding carboxylic acids is 1. The summed E-state index contributed by atoms with van der Waals surface area (Å²) in [6.07, 6.45) is 4.65. The zero-order chi connectivity index (χ0) is 23.1. The molecular weight excluding hydrogens is 434 g/mol. The first-order chi connectivity index (χ1) is 16.0. The van der Waals surface area contributed by atoms with Crippen LogP contribution in [0.2, 0.25) is 0 Å². The van der Waals surface area contributed by atoms with E-state index >= 15 is 0 Å². The highest BCUT2D eigenvalue weighted by atomic mass is 19.1. The number of fused-ring (bicyclic) bond motifs is 5. The van der Waals surface area contributed by atoms with Crippen molar-refractivity contribution in [1.82, 2.24) is 14.6 Å². The molecule has 5 rings (SSSR count). The van der Waals surface area contributed by atoms with Crippen molar-refractivity contribution in [3.63, 3.8) is 0 Å². The predicted octanol–water partition coefficient (Wildman–Crippen LogP) is 2.32. The van der Waals surface area contributed by atoms with Crippen LogP contribution in [0.4, 0.5) is 8.78 Å². The first kappa shape index (κ1) is 20.7. The molecule has 168 valence electrons. The lowest BCUT2D eigenvalue weighted by Gasteiger charge is -2.43. The summed E-state index contributed by atoms with van der Waals surface area (Å²) < 4.78 is 36.1. The van der Waals surface area contributed by atoms with Gasteiger partial charge in [-0.25, -0.2) is 9.37 Å². The van der Waals surface area contributed by atoms with Gasteiger partial charge in [-0.05, 0) is 24.3 Å². The number of benzene rings is 1. The highest BCUT2D eigenvalue weighted by molar-refractivity contribution is 5.96.